The zero-order valence-electron chi connectivity index (χ0n) is 9.61. The third-order valence-corrected chi connectivity index (χ3v) is 2.81. The van der Waals surface area contributed by atoms with Crippen LogP contribution in [-0.2, 0) is 0 Å². The van der Waals surface area contributed by atoms with Crippen LogP contribution in [0.2, 0.25) is 0 Å². The normalized spacial score (nSPS) is 15.2. The number of nitrogens with zero attached hydrogens (tertiary/aromatic N) is 1. The Balaban J connectivity index is 2.21. The minimum Gasteiger partial charge on any atom is -0.493 e. The van der Waals surface area contributed by atoms with Gasteiger partial charge in [0.05, 0.1) is 12.2 Å². The van der Waals surface area contributed by atoms with Crippen LogP contribution in [0, 0.1) is 0 Å². The van der Waals surface area contributed by atoms with Crippen LogP contribution in [-0.4, -0.2) is 30.5 Å². The molecule has 16 heavy (non-hydrogen) atoms. The van der Waals surface area contributed by atoms with Crippen LogP contribution in [0.3, 0.4) is 0 Å². The van der Waals surface area contributed by atoms with E-state index in [1.54, 1.807) is 0 Å². The van der Waals surface area contributed by atoms with Gasteiger partial charge in [0.25, 0.3) is 5.91 Å². The maximum absolute atomic E-state index is 12.2. The van der Waals surface area contributed by atoms with E-state index in [-0.39, 0.29) is 5.91 Å². The molecule has 0 bridgehead atoms. The molecule has 1 fully saturated rings. The number of carbonyl (C=O) groups excluding carboxylic acids is 1. The average molecular weight is 219 g/mol. The van der Waals surface area contributed by atoms with E-state index in [1.807, 2.05) is 36.1 Å². The van der Waals surface area contributed by atoms with Crippen molar-refractivity contribution in [1.82, 2.24) is 4.90 Å². The Morgan fingerprint density at radius 3 is 2.69 bits per heavy atom. The number of ether oxygens (including phenoxy) is 1. The van der Waals surface area contributed by atoms with Gasteiger partial charge in [0.1, 0.15) is 5.75 Å². The fraction of sp³-hybridized carbons (Fsp3) is 0.462. The van der Waals surface area contributed by atoms with Crippen molar-refractivity contribution >= 4 is 5.91 Å². The summed E-state index contributed by atoms with van der Waals surface area (Å²) >= 11 is 0. The Hall–Kier alpha value is -1.51. The Morgan fingerprint density at radius 1 is 1.31 bits per heavy atom. The Labute approximate surface area is 96.0 Å². The van der Waals surface area contributed by atoms with Gasteiger partial charge in [0, 0.05) is 13.1 Å². The maximum atomic E-state index is 12.2. The first kappa shape index (κ1) is 11.0. The van der Waals surface area contributed by atoms with Crippen LogP contribution in [0.25, 0.3) is 0 Å². The number of likely N-dealkylation sites (tertiary alicyclic amines) is 1. The van der Waals surface area contributed by atoms with Gasteiger partial charge in [-0.2, -0.15) is 0 Å². The molecule has 0 unspecified atom stereocenters. The van der Waals surface area contributed by atoms with E-state index >= 15 is 0 Å². The molecule has 0 aromatic heterocycles. The number of benzene rings is 1. The molecular formula is C13H17NO2. The highest BCUT2D eigenvalue weighted by Gasteiger charge is 2.21. The maximum Gasteiger partial charge on any atom is 0.257 e. The summed E-state index contributed by atoms with van der Waals surface area (Å²) in [6.07, 6.45) is 2.23. The molecule has 3 nitrogen and oxygen atoms in total. The van der Waals surface area contributed by atoms with Crippen LogP contribution in [0.4, 0.5) is 0 Å². The van der Waals surface area contributed by atoms with Gasteiger partial charge >= 0.3 is 0 Å². The lowest BCUT2D eigenvalue weighted by Gasteiger charge is -2.17. The lowest BCUT2D eigenvalue weighted by Crippen LogP contribution is -2.28. The van der Waals surface area contributed by atoms with Gasteiger partial charge in [-0.05, 0) is 31.9 Å². The minimum atomic E-state index is 0.0987. The molecule has 1 aliphatic heterocycles. The van der Waals surface area contributed by atoms with Crippen molar-refractivity contribution in [3.05, 3.63) is 29.8 Å². The minimum absolute atomic E-state index is 0.0987. The van der Waals surface area contributed by atoms with Crippen molar-refractivity contribution in [3.8, 4) is 5.75 Å². The van der Waals surface area contributed by atoms with Crippen LogP contribution < -0.4 is 4.74 Å². The van der Waals surface area contributed by atoms with Gasteiger partial charge in [-0.1, -0.05) is 12.1 Å². The quantitative estimate of drug-likeness (QED) is 0.780. The van der Waals surface area contributed by atoms with E-state index < -0.39 is 0 Å². The molecular weight excluding hydrogens is 202 g/mol. The fourth-order valence-electron chi connectivity index (χ4n) is 2.02. The van der Waals surface area contributed by atoms with Crippen molar-refractivity contribution in [2.75, 3.05) is 19.7 Å². The van der Waals surface area contributed by atoms with Crippen LogP contribution in [0.1, 0.15) is 30.1 Å². The molecule has 0 saturated carbocycles. The first-order valence-electron chi connectivity index (χ1n) is 5.84. The van der Waals surface area contributed by atoms with E-state index in [1.165, 1.54) is 0 Å². The second-order valence-corrected chi connectivity index (χ2v) is 3.93. The smallest absolute Gasteiger partial charge is 0.257 e. The van der Waals surface area contributed by atoms with Crippen LogP contribution in [0.5, 0.6) is 5.75 Å². The van der Waals surface area contributed by atoms with Crippen molar-refractivity contribution in [3.63, 3.8) is 0 Å². The highest BCUT2D eigenvalue weighted by Crippen LogP contribution is 2.21. The molecule has 2 rings (SSSR count). The highest BCUT2D eigenvalue weighted by molar-refractivity contribution is 5.97. The van der Waals surface area contributed by atoms with Gasteiger partial charge in [-0.3, -0.25) is 4.79 Å². The molecule has 1 aliphatic rings. The molecule has 1 amide bonds. The Morgan fingerprint density at radius 2 is 2.00 bits per heavy atom. The molecule has 3 heteroatoms. The summed E-state index contributed by atoms with van der Waals surface area (Å²) in [6, 6.07) is 7.47. The highest BCUT2D eigenvalue weighted by atomic mass is 16.5. The van der Waals surface area contributed by atoms with Crippen LogP contribution in [0.15, 0.2) is 24.3 Å². The molecule has 1 saturated heterocycles. The SMILES string of the molecule is CCOc1ccccc1C(=O)N1CCCC1. The van der Waals surface area contributed by atoms with Crippen molar-refractivity contribution in [2.45, 2.75) is 19.8 Å². The molecule has 1 aromatic rings. The van der Waals surface area contributed by atoms with Crippen molar-refractivity contribution < 1.29 is 9.53 Å². The second kappa shape index (κ2) is 5.01. The van der Waals surface area contributed by atoms with E-state index in [9.17, 15) is 4.79 Å². The number of carbonyl (C=O) groups is 1. The third kappa shape index (κ3) is 2.18. The molecule has 0 radical (unpaired) electrons. The zero-order chi connectivity index (χ0) is 11.4. The molecule has 1 heterocycles. The lowest BCUT2D eigenvalue weighted by atomic mass is 10.2. The summed E-state index contributed by atoms with van der Waals surface area (Å²) in [5.74, 6) is 0.795. The molecule has 1 aromatic carbocycles. The molecule has 0 aliphatic carbocycles. The number of amides is 1. The summed E-state index contributed by atoms with van der Waals surface area (Å²) in [5, 5.41) is 0. The zero-order valence-corrected chi connectivity index (χ0v) is 9.61. The summed E-state index contributed by atoms with van der Waals surface area (Å²) < 4.78 is 5.47. The topological polar surface area (TPSA) is 29.5 Å². The first-order chi connectivity index (χ1) is 7.83. The Kier molecular flexibility index (Phi) is 3.44. The average Bonchev–Trinajstić information content (AvgIpc) is 2.83. The second-order valence-electron chi connectivity index (χ2n) is 3.93. The van der Waals surface area contributed by atoms with Crippen LogP contribution >= 0.6 is 0 Å². The summed E-state index contributed by atoms with van der Waals surface area (Å²) in [4.78, 5) is 14.1. The van der Waals surface area contributed by atoms with E-state index in [0.717, 1.165) is 25.9 Å². The lowest BCUT2D eigenvalue weighted by molar-refractivity contribution is 0.0788. The van der Waals surface area contributed by atoms with E-state index in [4.69, 9.17) is 4.74 Å². The van der Waals surface area contributed by atoms with E-state index in [0.29, 0.717) is 17.9 Å². The Bertz CT molecular complexity index is 370. The molecule has 86 valence electrons. The number of para-hydroxylation sites is 1. The fourth-order valence-corrected chi connectivity index (χ4v) is 2.02. The molecule has 0 N–H and O–H groups in total. The van der Waals surface area contributed by atoms with Crippen molar-refractivity contribution in [1.29, 1.82) is 0 Å². The predicted octanol–water partition coefficient (Wildman–Crippen LogP) is 2.32. The van der Waals surface area contributed by atoms with E-state index in [2.05, 4.69) is 0 Å². The van der Waals surface area contributed by atoms with Gasteiger partial charge < -0.3 is 9.64 Å². The number of hydrogen-bond acceptors (Lipinski definition) is 2. The summed E-state index contributed by atoms with van der Waals surface area (Å²) in [6.45, 7) is 4.26. The largest absolute Gasteiger partial charge is 0.493 e. The first-order valence-corrected chi connectivity index (χ1v) is 5.84. The molecule has 0 atom stereocenters. The predicted molar refractivity (Wildman–Crippen MR) is 62.7 cm³/mol. The summed E-state index contributed by atoms with van der Waals surface area (Å²) in [7, 11) is 0. The van der Waals surface area contributed by atoms with Gasteiger partial charge in [-0.15, -0.1) is 0 Å². The molecule has 0 spiro atoms. The van der Waals surface area contributed by atoms with Crippen molar-refractivity contribution in [2.24, 2.45) is 0 Å². The number of rotatable bonds is 3. The standard InChI is InChI=1S/C13H17NO2/c1-2-16-12-8-4-3-7-11(12)13(15)14-9-5-6-10-14/h3-4,7-8H,2,5-6,9-10H2,1H3. The summed E-state index contributed by atoms with van der Waals surface area (Å²) in [5.41, 5.74) is 0.686. The number of hydrogen-bond donors (Lipinski definition) is 0. The van der Waals surface area contributed by atoms with Gasteiger partial charge in [0.15, 0.2) is 0 Å². The monoisotopic (exact) mass is 219 g/mol. The van der Waals surface area contributed by atoms with Gasteiger partial charge in [0.2, 0.25) is 0 Å². The third-order valence-electron chi connectivity index (χ3n) is 2.81. The van der Waals surface area contributed by atoms with Gasteiger partial charge in [-0.25, -0.2) is 0 Å².